The van der Waals surface area contributed by atoms with E-state index >= 15 is 0 Å². The zero-order valence-electron chi connectivity index (χ0n) is 13.2. The predicted molar refractivity (Wildman–Crippen MR) is 77.5 cm³/mol. The molecule has 118 valence electrons. The molecule has 0 unspecified atom stereocenters. The summed E-state index contributed by atoms with van der Waals surface area (Å²) < 4.78 is 11.9. The van der Waals surface area contributed by atoms with E-state index in [1.54, 1.807) is 38.0 Å². The Kier molecular flexibility index (Phi) is 6.39. The molecular formula is C15H24N2O4. The largest absolute Gasteiger partial charge is 0.465 e. The molecule has 0 amide bonds. The maximum Gasteiger partial charge on any atom is 0.323 e. The Balaban J connectivity index is 3.15. The van der Waals surface area contributed by atoms with Crippen LogP contribution in [-0.2, 0) is 32.5 Å². The van der Waals surface area contributed by atoms with E-state index in [1.807, 2.05) is 6.92 Å². The Labute approximate surface area is 125 Å². The molecule has 1 heterocycles. The molecule has 6 nitrogen and oxygen atoms in total. The van der Waals surface area contributed by atoms with Crippen LogP contribution in [0.3, 0.4) is 0 Å². The summed E-state index contributed by atoms with van der Waals surface area (Å²) in [6.45, 7) is 5.84. The monoisotopic (exact) mass is 296 g/mol. The molecule has 0 radical (unpaired) electrons. The Bertz CT molecular complexity index is 464. The van der Waals surface area contributed by atoms with Gasteiger partial charge < -0.3 is 9.47 Å². The van der Waals surface area contributed by atoms with Gasteiger partial charge in [-0.05, 0) is 25.8 Å². The number of ether oxygens (including phenoxy) is 2. The highest BCUT2D eigenvalue weighted by molar-refractivity contribution is 6.00. The SMILES string of the molecule is CCCC(Cc1cnn(C)c1)(C(=O)OCC)C(=O)OCC. The molecule has 0 aliphatic carbocycles. The maximum atomic E-state index is 12.4. The molecule has 0 N–H and O–H groups in total. The second-order valence-electron chi connectivity index (χ2n) is 4.97. The van der Waals surface area contributed by atoms with E-state index in [0.29, 0.717) is 12.8 Å². The summed E-state index contributed by atoms with van der Waals surface area (Å²) >= 11 is 0. The molecule has 0 fully saturated rings. The van der Waals surface area contributed by atoms with Crippen LogP contribution < -0.4 is 0 Å². The number of carbonyl (C=O) groups is 2. The first-order valence-corrected chi connectivity index (χ1v) is 7.32. The van der Waals surface area contributed by atoms with Crippen LogP contribution in [-0.4, -0.2) is 34.9 Å². The first kappa shape index (κ1) is 17.2. The number of hydrogen-bond donors (Lipinski definition) is 0. The van der Waals surface area contributed by atoms with Gasteiger partial charge in [0.05, 0.1) is 19.4 Å². The first-order chi connectivity index (χ1) is 10.00. The van der Waals surface area contributed by atoms with Crippen molar-refractivity contribution >= 4 is 11.9 Å². The summed E-state index contributed by atoms with van der Waals surface area (Å²) in [5, 5.41) is 4.08. The van der Waals surface area contributed by atoms with Crippen LogP contribution in [0.15, 0.2) is 12.4 Å². The number of aromatic nitrogens is 2. The van der Waals surface area contributed by atoms with Gasteiger partial charge in [0.2, 0.25) is 0 Å². The van der Waals surface area contributed by atoms with Crippen molar-refractivity contribution in [2.24, 2.45) is 12.5 Å². The summed E-state index contributed by atoms with van der Waals surface area (Å²) in [6.07, 6.45) is 4.76. The minimum Gasteiger partial charge on any atom is -0.465 e. The number of hydrogen-bond acceptors (Lipinski definition) is 5. The molecule has 21 heavy (non-hydrogen) atoms. The molecule has 1 aromatic heterocycles. The summed E-state index contributed by atoms with van der Waals surface area (Å²) in [5.41, 5.74) is -0.476. The van der Waals surface area contributed by atoms with Crippen LogP contribution in [0.25, 0.3) is 0 Å². The lowest BCUT2D eigenvalue weighted by Crippen LogP contribution is -2.44. The van der Waals surface area contributed by atoms with Gasteiger partial charge in [0.1, 0.15) is 0 Å². The van der Waals surface area contributed by atoms with Crippen molar-refractivity contribution in [3.8, 4) is 0 Å². The zero-order valence-corrected chi connectivity index (χ0v) is 13.2. The van der Waals surface area contributed by atoms with Crippen LogP contribution >= 0.6 is 0 Å². The van der Waals surface area contributed by atoms with Crippen molar-refractivity contribution in [2.75, 3.05) is 13.2 Å². The molecule has 0 saturated heterocycles. The van der Waals surface area contributed by atoms with Gasteiger partial charge in [-0.2, -0.15) is 5.10 Å². The van der Waals surface area contributed by atoms with E-state index < -0.39 is 17.4 Å². The van der Waals surface area contributed by atoms with Gasteiger partial charge in [0.15, 0.2) is 5.41 Å². The lowest BCUT2D eigenvalue weighted by Gasteiger charge is -2.28. The summed E-state index contributed by atoms with van der Waals surface area (Å²) in [6, 6.07) is 0. The zero-order chi connectivity index (χ0) is 15.9. The lowest BCUT2D eigenvalue weighted by molar-refractivity contribution is -0.172. The smallest absolute Gasteiger partial charge is 0.323 e. The normalized spacial score (nSPS) is 11.2. The molecular weight excluding hydrogens is 272 g/mol. The minimum atomic E-state index is -1.29. The van der Waals surface area contributed by atoms with Crippen LogP contribution in [0.2, 0.25) is 0 Å². The number of carbonyl (C=O) groups excluding carboxylic acids is 2. The fourth-order valence-electron chi connectivity index (χ4n) is 2.40. The van der Waals surface area contributed by atoms with Gasteiger partial charge in [0, 0.05) is 19.7 Å². The molecule has 0 aliphatic rings. The van der Waals surface area contributed by atoms with Crippen molar-refractivity contribution in [2.45, 2.75) is 40.0 Å². The Morgan fingerprint density at radius 3 is 2.14 bits per heavy atom. The fourth-order valence-corrected chi connectivity index (χ4v) is 2.40. The molecule has 0 spiro atoms. The molecule has 1 rings (SSSR count). The highest BCUT2D eigenvalue weighted by atomic mass is 16.6. The molecule has 0 aliphatic heterocycles. The quantitative estimate of drug-likeness (QED) is 0.541. The van der Waals surface area contributed by atoms with Gasteiger partial charge >= 0.3 is 11.9 Å². The standard InChI is InChI=1S/C15H24N2O4/c1-5-8-15(13(18)20-6-2,14(19)21-7-3)9-12-10-16-17(4)11-12/h10-11H,5-9H2,1-4H3. The van der Waals surface area contributed by atoms with Gasteiger partial charge in [-0.3, -0.25) is 14.3 Å². The molecule has 0 saturated carbocycles. The summed E-state index contributed by atoms with van der Waals surface area (Å²) in [5.74, 6) is -1.04. The second-order valence-corrected chi connectivity index (χ2v) is 4.97. The third kappa shape index (κ3) is 4.06. The van der Waals surface area contributed by atoms with E-state index in [1.165, 1.54) is 0 Å². The second kappa shape index (κ2) is 7.81. The number of aryl methyl sites for hydroxylation is 1. The van der Waals surface area contributed by atoms with E-state index in [-0.39, 0.29) is 19.6 Å². The first-order valence-electron chi connectivity index (χ1n) is 7.32. The van der Waals surface area contributed by atoms with E-state index in [2.05, 4.69) is 5.10 Å². The minimum absolute atomic E-state index is 0.233. The Morgan fingerprint density at radius 2 is 1.76 bits per heavy atom. The number of nitrogens with zero attached hydrogens (tertiary/aromatic N) is 2. The van der Waals surface area contributed by atoms with E-state index in [4.69, 9.17) is 9.47 Å². The maximum absolute atomic E-state index is 12.4. The lowest BCUT2D eigenvalue weighted by atomic mass is 9.78. The van der Waals surface area contributed by atoms with Crippen LogP contribution in [0.4, 0.5) is 0 Å². The van der Waals surface area contributed by atoms with Crippen LogP contribution in [0.1, 0.15) is 39.2 Å². The van der Waals surface area contributed by atoms with Crippen molar-refractivity contribution in [3.63, 3.8) is 0 Å². The average Bonchev–Trinajstić information content (AvgIpc) is 2.84. The van der Waals surface area contributed by atoms with E-state index in [9.17, 15) is 9.59 Å². The van der Waals surface area contributed by atoms with Crippen molar-refractivity contribution < 1.29 is 19.1 Å². The highest BCUT2D eigenvalue weighted by Crippen LogP contribution is 2.32. The van der Waals surface area contributed by atoms with Crippen molar-refractivity contribution in [3.05, 3.63) is 18.0 Å². The predicted octanol–water partition coefficient (Wildman–Crippen LogP) is 1.88. The molecule has 0 atom stereocenters. The Hall–Kier alpha value is -1.85. The molecule has 6 heteroatoms. The van der Waals surface area contributed by atoms with Gasteiger partial charge in [-0.1, -0.05) is 13.3 Å². The van der Waals surface area contributed by atoms with Crippen molar-refractivity contribution in [1.82, 2.24) is 9.78 Å². The van der Waals surface area contributed by atoms with Crippen molar-refractivity contribution in [1.29, 1.82) is 0 Å². The third-order valence-electron chi connectivity index (χ3n) is 3.27. The third-order valence-corrected chi connectivity index (χ3v) is 3.27. The Morgan fingerprint density at radius 1 is 1.19 bits per heavy atom. The van der Waals surface area contributed by atoms with Gasteiger partial charge in [0.25, 0.3) is 0 Å². The molecule has 1 aromatic rings. The average molecular weight is 296 g/mol. The molecule has 0 bridgehead atoms. The molecule has 0 aromatic carbocycles. The summed E-state index contributed by atoms with van der Waals surface area (Å²) in [7, 11) is 1.79. The van der Waals surface area contributed by atoms with Gasteiger partial charge in [-0.15, -0.1) is 0 Å². The van der Waals surface area contributed by atoms with E-state index in [0.717, 1.165) is 5.56 Å². The van der Waals surface area contributed by atoms with Gasteiger partial charge in [-0.25, -0.2) is 0 Å². The number of rotatable bonds is 8. The summed E-state index contributed by atoms with van der Waals surface area (Å²) in [4.78, 5) is 24.9. The highest BCUT2D eigenvalue weighted by Gasteiger charge is 2.48. The number of esters is 2. The van der Waals surface area contributed by atoms with Crippen LogP contribution in [0.5, 0.6) is 0 Å². The topological polar surface area (TPSA) is 70.4 Å². The van der Waals surface area contributed by atoms with Crippen LogP contribution in [0, 0.1) is 5.41 Å². The fraction of sp³-hybridized carbons (Fsp3) is 0.667.